The van der Waals surface area contributed by atoms with Crippen LogP contribution in [0.2, 0.25) is 0 Å². The number of carbonyl (C=O) groups is 2. The molecule has 0 spiro atoms. The minimum Gasteiger partial charge on any atom is -0.506 e. The molecule has 1 aliphatic heterocycles. The van der Waals surface area contributed by atoms with Crippen LogP contribution in [0.25, 0.3) is 0 Å². The summed E-state index contributed by atoms with van der Waals surface area (Å²) < 4.78 is 42.0. The van der Waals surface area contributed by atoms with E-state index in [0.29, 0.717) is 4.47 Å². The number of ketones is 1. The molecule has 1 fully saturated rings. The van der Waals surface area contributed by atoms with E-state index >= 15 is 0 Å². The van der Waals surface area contributed by atoms with Gasteiger partial charge in [0.15, 0.2) is 5.78 Å². The Morgan fingerprint density at radius 1 is 1.14 bits per heavy atom. The molecule has 11 heteroatoms. The van der Waals surface area contributed by atoms with Crippen LogP contribution >= 0.6 is 31.9 Å². The zero-order valence-electron chi connectivity index (χ0n) is 14.3. The van der Waals surface area contributed by atoms with Gasteiger partial charge in [0, 0.05) is 15.6 Å². The van der Waals surface area contributed by atoms with Crippen LogP contribution in [0.15, 0.2) is 51.4 Å². The first-order valence-corrected chi connectivity index (χ1v) is 9.69. The smallest absolute Gasteiger partial charge is 0.437 e. The van der Waals surface area contributed by atoms with Crippen molar-refractivity contribution in [2.24, 2.45) is 5.92 Å². The largest absolute Gasteiger partial charge is 0.506 e. The molecule has 154 valence electrons. The highest BCUT2D eigenvalue weighted by Crippen LogP contribution is 2.47. The molecular weight excluding hydrogens is 525 g/mol. The van der Waals surface area contributed by atoms with Crippen LogP contribution in [0.5, 0.6) is 5.75 Å². The molecule has 0 radical (unpaired) electrons. The summed E-state index contributed by atoms with van der Waals surface area (Å²) in [6.07, 6.45) is -5.38. The molecule has 0 unspecified atom stereocenters. The number of hydrogen-bond donors (Lipinski definition) is 4. The average molecular weight is 538 g/mol. The van der Waals surface area contributed by atoms with Gasteiger partial charge in [0.2, 0.25) is 5.72 Å². The number of benzene rings is 2. The minimum absolute atomic E-state index is 0.100. The summed E-state index contributed by atoms with van der Waals surface area (Å²) >= 11 is 6.23. The number of amides is 2. The zero-order valence-corrected chi connectivity index (χ0v) is 17.5. The maximum absolute atomic E-state index is 13.8. The molecule has 0 saturated carbocycles. The van der Waals surface area contributed by atoms with Gasteiger partial charge >= 0.3 is 12.2 Å². The van der Waals surface area contributed by atoms with Crippen molar-refractivity contribution in [3.63, 3.8) is 0 Å². The fourth-order valence-electron chi connectivity index (χ4n) is 3.20. The molecule has 1 heterocycles. The van der Waals surface area contributed by atoms with E-state index in [4.69, 9.17) is 0 Å². The van der Waals surface area contributed by atoms with Crippen LogP contribution in [0.1, 0.15) is 22.0 Å². The molecule has 2 aromatic rings. The second kappa shape index (κ2) is 7.62. The molecule has 2 aromatic carbocycles. The molecule has 0 aliphatic carbocycles. The van der Waals surface area contributed by atoms with E-state index in [9.17, 15) is 33.0 Å². The van der Waals surface area contributed by atoms with Gasteiger partial charge in [0.05, 0.1) is 10.5 Å². The van der Waals surface area contributed by atoms with Gasteiger partial charge in [-0.3, -0.25) is 4.79 Å². The first kappa shape index (κ1) is 21.6. The number of carbonyl (C=O) groups excluding carboxylic acids is 2. The minimum atomic E-state index is -5.38. The van der Waals surface area contributed by atoms with E-state index in [1.165, 1.54) is 41.7 Å². The average Bonchev–Trinajstić information content (AvgIpc) is 2.63. The predicted octanol–water partition coefficient (Wildman–Crippen LogP) is 4.02. The number of alkyl halides is 3. The Morgan fingerprint density at radius 3 is 2.34 bits per heavy atom. The number of aromatic hydroxyl groups is 1. The summed E-state index contributed by atoms with van der Waals surface area (Å²) in [6.45, 7) is 0. The van der Waals surface area contributed by atoms with E-state index in [1.807, 2.05) is 0 Å². The van der Waals surface area contributed by atoms with Crippen LogP contribution in [-0.2, 0) is 0 Å². The molecule has 0 bridgehead atoms. The number of halogens is 5. The highest BCUT2D eigenvalue weighted by molar-refractivity contribution is 9.11. The lowest BCUT2D eigenvalue weighted by molar-refractivity contribution is -0.287. The van der Waals surface area contributed by atoms with Gasteiger partial charge in [0.1, 0.15) is 11.7 Å². The normalized spacial score (nSPS) is 24.6. The molecule has 29 heavy (non-hydrogen) atoms. The van der Waals surface area contributed by atoms with Crippen LogP contribution in [0.4, 0.5) is 18.0 Å². The summed E-state index contributed by atoms with van der Waals surface area (Å²) in [7, 11) is 0. The second-order valence-electron chi connectivity index (χ2n) is 6.37. The third-order valence-corrected chi connectivity index (χ3v) is 5.60. The summed E-state index contributed by atoms with van der Waals surface area (Å²) in [4.78, 5) is 25.1. The first-order chi connectivity index (χ1) is 13.5. The number of nitrogens with one attached hydrogen (secondary N) is 2. The molecule has 1 aliphatic rings. The molecule has 3 rings (SSSR count). The summed E-state index contributed by atoms with van der Waals surface area (Å²) in [6, 6.07) is 6.74. The monoisotopic (exact) mass is 536 g/mol. The quantitative estimate of drug-likeness (QED) is 0.444. The van der Waals surface area contributed by atoms with Crippen molar-refractivity contribution in [1.82, 2.24) is 10.6 Å². The third-order valence-electron chi connectivity index (χ3n) is 4.54. The van der Waals surface area contributed by atoms with Crippen molar-refractivity contribution >= 4 is 43.7 Å². The van der Waals surface area contributed by atoms with Crippen LogP contribution in [0.3, 0.4) is 0 Å². The molecule has 3 atom stereocenters. The first-order valence-electron chi connectivity index (χ1n) is 8.10. The van der Waals surface area contributed by atoms with Crippen molar-refractivity contribution < 1.29 is 33.0 Å². The van der Waals surface area contributed by atoms with Crippen molar-refractivity contribution in [3.05, 3.63) is 62.5 Å². The van der Waals surface area contributed by atoms with Gasteiger partial charge in [-0.2, -0.15) is 13.2 Å². The summed E-state index contributed by atoms with van der Waals surface area (Å²) in [5.41, 5.74) is -4.15. The van der Waals surface area contributed by atoms with Crippen LogP contribution in [-0.4, -0.2) is 33.9 Å². The Labute approximate surface area is 179 Å². The second-order valence-corrected chi connectivity index (χ2v) is 8.14. The Balaban J connectivity index is 2.24. The van der Waals surface area contributed by atoms with Crippen molar-refractivity contribution in [1.29, 1.82) is 0 Å². The Bertz CT molecular complexity index is 972. The van der Waals surface area contributed by atoms with Gasteiger partial charge in [-0.05, 0) is 28.1 Å². The fourth-order valence-corrected chi connectivity index (χ4v) is 4.46. The highest BCUT2D eigenvalue weighted by atomic mass is 79.9. The Kier molecular flexibility index (Phi) is 5.67. The SMILES string of the molecule is O=C1N[C@H](c2cc(Br)cc(Br)c2O)[C@H](C(=O)c2ccccc2)[C@](O)(C(F)(F)F)N1. The van der Waals surface area contributed by atoms with Crippen molar-refractivity contribution in [2.75, 3.05) is 0 Å². The number of hydrogen-bond acceptors (Lipinski definition) is 4. The Hall–Kier alpha value is -2.11. The zero-order chi connectivity index (χ0) is 21.6. The van der Waals surface area contributed by atoms with Gasteiger partial charge in [-0.25, -0.2) is 4.79 Å². The number of rotatable bonds is 3. The molecule has 0 aromatic heterocycles. The summed E-state index contributed by atoms with van der Waals surface area (Å²) in [5.74, 6) is -3.77. The Morgan fingerprint density at radius 2 is 1.76 bits per heavy atom. The number of phenols is 1. The number of urea groups is 1. The fraction of sp³-hybridized carbons (Fsp3) is 0.222. The predicted molar refractivity (Wildman–Crippen MR) is 103 cm³/mol. The lowest BCUT2D eigenvalue weighted by Crippen LogP contribution is -2.72. The molecular formula is C18H13Br2F3N2O4. The van der Waals surface area contributed by atoms with E-state index < -0.39 is 41.4 Å². The van der Waals surface area contributed by atoms with Crippen LogP contribution < -0.4 is 10.6 Å². The molecule has 6 nitrogen and oxygen atoms in total. The maximum atomic E-state index is 13.8. The third kappa shape index (κ3) is 3.86. The maximum Gasteiger partial charge on any atom is 0.437 e. The van der Waals surface area contributed by atoms with Crippen molar-refractivity contribution in [2.45, 2.75) is 17.9 Å². The van der Waals surface area contributed by atoms with Crippen LogP contribution in [0, 0.1) is 5.92 Å². The van der Waals surface area contributed by atoms with Gasteiger partial charge in [-0.1, -0.05) is 46.3 Å². The van der Waals surface area contributed by atoms with Gasteiger partial charge in [0.25, 0.3) is 0 Å². The van der Waals surface area contributed by atoms with Gasteiger partial charge in [-0.15, -0.1) is 0 Å². The lowest BCUT2D eigenvalue weighted by Gasteiger charge is -2.45. The molecule has 1 saturated heterocycles. The summed E-state index contributed by atoms with van der Waals surface area (Å²) in [5, 5.41) is 24.6. The molecule has 4 N–H and O–H groups in total. The highest BCUT2D eigenvalue weighted by Gasteiger charge is 2.66. The number of phenolic OH excluding ortho intramolecular Hbond substituents is 1. The van der Waals surface area contributed by atoms with Gasteiger partial charge < -0.3 is 20.8 Å². The topological polar surface area (TPSA) is 98.7 Å². The van der Waals surface area contributed by atoms with Crippen molar-refractivity contribution in [3.8, 4) is 5.75 Å². The van der Waals surface area contributed by atoms with E-state index in [-0.39, 0.29) is 15.6 Å². The van der Waals surface area contributed by atoms with E-state index in [0.717, 1.165) is 0 Å². The number of Topliss-reactive ketones (excluding diaryl/α,β-unsaturated/α-hetero) is 1. The molecule has 2 amide bonds. The van der Waals surface area contributed by atoms with E-state index in [1.54, 1.807) is 6.07 Å². The lowest BCUT2D eigenvalue weighted by atomic mass is 9.77. The number of aliphatic hydroxyl groups is 1. The van der Waals surface area contributed by atoms with E-state index in [2.05, 4.69) is 37.2 Å². The standard InChI is InChI=1S/C18H13Br2F3N2O4/c19-9-6-10(15(27)11(20)7-9)13-12(14(26)8-4-2-1-3-5-8)17(29,18(21,22)23)25-16(28)24-13/h1-7,12-13,27,29H,(H2,24,25,28)/t12-,13-,17+/m1/s1.